The fourth-order valence-corrected chi connectivity index (χ4v) is 2.91. The maximum absolute atomic E-state index is 12.2. The first-order valence-corrected chi connectivity index (χ1v) is 8.61. The van der Waals surface area contributed by atoms with E-state index in [9.17, 15) is 9.59 Å². The van der Waals surface area contributed by atoms with Gasteiger partial charge in [0, 0.05) is 31.1 Å². The Balaban J connectivity index is 1.51. The molecular weight excluding hydrogens is 342 g/mol. The predicted molar refractivity (Wildman–Crippen MR) is 89.6 cm³/mol. The lowest BCUT2D eigenvalue weighted by molar-refractivity contribution is -0.126. The standard InChI is InChI=1S/C17H23N3O6/c1-10-13(11(2)25-19-10)8-24-15-5-6-23-9-14(15)18-16(21)4-3-12-7-17(22)20-26-12/h7,14-15H,3-6,8-9H2,1-2H3,(H,18,21)(H,20,22)/t14-,15+/m0/s1. The molecule has 0 spiro atoms. The molecular formula is C17H23N3O6. The van der Waals surface area contributed by atoms with Crippen molar-refractivity contribution >= 4 is 5.91 Å². The molecule has 1 aliphatic heterocycles. The molecule has 9 nitrogen and oxygen atoms in total. The van der Waals surface area contributed by atoms with Gasteiger partial charge in [-0.2, -0.15) is 5.16 Å². The van der Waals surface area contributed by atoms with E-state index in [-0.39, 0.29) is 30.0 Å². The van der Waals surface area contributed by atoms with Crippen LogP contribution < -0.4 is 10.9 Å². The van der Waals surface area contributed by atoms with Crippen molar-refractivity contribution in [1.29, 1.82) is 0 Å². The molecule has 0 aromatic carbocycles. The van der Waals surface area contributed by atoms with Crippen LogP contribution in [-0.4, -0.2) is 41.6 Å². The fraction of sp³-hybridized carbons (Fsp3) is 0.588. The van der Waals surface area contributed by atoms with E-state index in [0.717, 1.165) is 17.0 Å². The van der Waals surface area contributed by atoms with Crippen LogP contribution in [0.4, 0.5) is 0 Å². The van der Waals surface area contributed by atoms with Crippen LogP contribution in [0.15, 0.2) is 19.9 Å². The largest absolute Gasteiger partial charge is 0.384 e. The smallest absolute Gasteiger partial charge is 0.280 e. The zero-order valence-electron chi connectivity index (χ0n) is 14.9. The minimum Gasteiger partial charge on any atom is -0.384 e. The van der Waals surface area contributed by atoms with Crippen molar-refractivity contribution in [3.05, 3.63) is 39.2 Å². The van der Waals surface area contributed by atoms with Gasteiger partial charge in [-0.15, -0.1) is 0 Å². The number of aromatic amines is 1. The fourth-order valence-electron chi connectivity index (χ4n) is 2.91. The summed E-state index contributed by atoms with van der Waals surface area (Å²) in [6.45, 7) is 5.09. The molecule has 142 valence electrons. The Hall–Kier alpha value is -2.39. The number of nitrogens with one attached hydrogen (secondary N) is 2. The van der Waals surface area contributed by atoms with Gasteiger partial charge >= 0.3 is 0 Å². The minimum atomic E-state index is -0.311. The van der Waals surface area contributed by atoms with E-state index < -0.39 is 0 Å². The second-order valence-corrected chi connectivity index (χ2v) is 6.37. The Bertz CT molecular complexity index is 773. The van der Waals surface area contributed by atoms with Gasteiger partial charge in [-0.3, -0.25) is 9.59 Å². The van der Waals surface area contributed by atoms with E-state index in [1.807, 2.05) is 13.8 Å². The van der Waals surface area contributed by atoms with Gasteiger partial charge in [0.2, 0.25) is 5.91 Å². The van der Waals surface area contributed by atoms with E-state index in [4.69, 9.17) is 18.5 Å². The molecule has 1 aliphatic rings. The summed E-state index contributed by atoms with van der Waals surface area (Å²) in [6, 6.07) is 1.11. The second kappa shape index (κ2) is 8.33. The summed E-state index contributed by atoms with van der Waals surface area (Å²) in [6.07, 6.45) is 1.11. The number of amides is 1. The van der Waals surface area contributed by atoms with Crippen LogP contribution in [0.25, 0.3) is 0 Å². The number of rotatable bonds is 7. The molecule has 1 amide bonds. The van der Waals surface area contributed by atoms with Crippen LogP contribution in [0.3, 0.4) is 0 Å². The third kappa shape index (κ3) is 4.61. The number of hydrogen-bond donors (Lipinski definition) is 2. The average molecular weight is 365 g/mol. The molecule has 1 fully saturated rings. The Morgan fingerprint density at radius 2 is 2.31 bits per heavy atom. The molecule has 3 rings (SSSR count). The molecule has 0 aliphatic carbocycles. The van der Waals surface area contributed by atoms with Crippen LogP contribution in [0.1, 0.15) is 35.6 Å². The van der Waals surface area contributed by atoms with Crippen molar-refractivity contribution in [2.75, 3.05) is 13.2 Å². The van der Waals surface area contributed by atoms with E-state index in [1.54, 1.807) is 0 Å². The molecule has 26 heavy (non-hydrogen) atoms. The van der Waals surface area contributed by atoms with Gasteiger partial charge in [0.25, 0.3) is 5.56 Å². The Morgan fingerprint density at radius 1 is 1.46 bits per heavy atom. The monoisotopic (exact) mass is 365 g/mol. The summed E-state index contributed by atoms with van der Waals surface area (Å²) in [5, 5.41) is 9.07. The first-order chi connectivity index (χ1) is 12.5. The Kier molecular flexibility index (Phi) is 5.89. The van der Waals surface area contributed by atoms with Crippen molar-refractivity contribution in [3.63, 3.8) is 0 Å². The van der Waals surface area contributed by atoms with Gasteiger partial charge in [0.05, 0.1) is 31.1 Å². The van der Waals surface area contributed by atoms with Gasteiger partial charge in [-0.05, 0) is 20.3 Å². The van der Waals surface area contributed by atoms with Gasteiger partial charge in [-0.25, -0.2) is 0 Å². The van der Waals surface area contributed by atoms with Crippen LogP contribution >= 0.6 is 0 Å². The van der Waals surface area contributed by atoms with Gasteiger partial charge in [-0.1, -0.05) is 5.16 Å². The number of hydrogen-bond acceptors (Lipinski definition) is 7. The van der Waals surface area contributed by atoms with E-state index in [2.05, 4.69) is 15.6 Å². The molecule has 0 unspecified atom stereocenters. The van der Waals surface area contributed by atoms with E-state index in [1.165, 1.54) is 6.07 Å². The zero-order chi connectivity index (χ0) is 18.5. The lowest BCUT2D eigenvalue weighted by Crippen LogP contribution is -2.50. The quantitative estimate of drug-likeness (QED) is 0.751. The molecule has 2 N–H and O–H groups in total. The van der Waals surface area contributed by atoms with Crippen LogP contribution in [0.5, 0.6) is 0 Å². The third-order valence-corrected chi connectivity index (χ3v) is 4.44. The van der Waals surface area contributed by atoms with Crippen molar-refractivity contribution in [3.8, 4) is 0 Å². The molecule has 9 heteroatoms. The topological polar surface area (TPSA) is 120 Å². The van der Waals surface area contributed by atoms with Crippen LogP contribution in [0, 0.1) is 13.8 Å². The molecule has 2 aromatic heterocycles. The lowest BCUT2D eigenvalue weighted by Gasteiger charge is -2.32. The van der Waals surface area contributed by atoms with E-state index >= 15 is 0 Å². The van der Waals surface area contributed by atoms with Crippen molar-refractivity contribution in [2.24, 2.45) is 0 Å². The molecule has 0 saturated carbocycles. The maximum atomic E-state index is 12.2. The number of carbonyl (C=O) groups is 1. The average Bonchev–Trinajstić information content (AvgIpc) is 3.18. The van der Waals surface area contributed by atoms with Crippen LogP contribution in [0.2, 0.25) is 0 Å². The first-order valence-electron chi connectivity index (χ1n) is 8.61. The summed E-state index contributed by atoms with van der Waals surface area (Å²) in [5.41, 5.74) is 1.43. The van der Waals surface area contributed by atoms with Gasteiger partial charge < -0.3 is 23.8 Å². The lowest BCUT2D eigenvalue weighted by atomic mass is 10.1. The second-order valence-electron chi connectivity index (χ2n) is 6.37. The minimum absolute atomic E-state index is 0.143. The SMILES string of the molecule is Cc1noc(C)c1CO[C@@H]1CCOC[C@@H]1NC(=O)CCc1cc(=O)[nH]o1. The highest BCUT2D eigenvalue weighted by Gasteiger charge is 2.28. The summed E-state index contributed by atoms with van der Waals surface area (Å²) < 4.78 is 21.6. The van der Waals surface area contributed by atoms with Crippen molar-refractivity contribution < 1.29 is 23.3 Å². The summed E-state index contributed by atoms with van der Waals surface area (Å²) in [7, 11) is 0. The van der Waals surface area contributed by atoms with Gasteiger partial charge in [0.15, 0.2) is 0 Å². The molecule has 2 atom stereocenters. The maximum Gasteiger partial charge on any atom is 0.280 e. The Morgan fingerprint density at radius 3 is 3.00 bits per heavy atom. The number of ether oxygens (including phenoxy) is 2. The molecule has 2 aromatic rings. The highest BCUT2D eigenvalue weighted by Crippen LogP contribution is 2.18. The van der Waals surface area contributed by atoms with Crippen LogP contribution in [-0.2, 0) is 27.3 Å². The number of H-pyrrole nitrogens is 1. The normalized spacial score (nSPS) is 20.2. The molecule has 0 bridgehead atoms. The molecule has 3 heterocycles. The molecule has 1 saturated heterocycles. The highest BCUT2D eigenvalue weighted by molar-refractivity contribution is 5.76. The summed E-state index contributed by atoms with van der Waals surface area (Å²) in [5.74, 6) is 1.05. The summed E-state index contributed by atoms with van der Waals surface area (Å²) in [4.78, 5) is 23.2. The third-order valence-electron chi connectivity index (χ3n) is 4.44. The van der Waals surface area contributed by atoms with E-state index in [0.29, 0.717) is 38.4 Å². The highest BCUT2D eigenvalue weighted by atomic mass is 16.5. The predicted octanol–water partition coefficient (Wildman–Crippen LogP) is 0.996. The first kappa shape index (κ1) is 18.4. The number of aryl methyl sites for hydroxylation is 3. The number of nitrogens with zero attached hydrogens (tertiary/aromatic N) is 1. The Labute approximate surface area is 150 Å². The summed E-state index contributed by atoms with van der Waals surface area (Å²) >= 11 is 0. The zero-order valence-corrected chi connectivity index (χ0v) is 14.9. The molecule has 0 radical (unpaired) electrons. The number of aromatic nitrogens is 2. The number of carbonyl (C=O) groups excluding carboxylic acids is 1. The van der Waals surface area contributed by atoms with Gasteiger partial charge in [0.1, 0.15) is 11.5 Å². The van der Waals surface area contributed by atoms with Crippen molar-refractivity contribution in [2.45, 2.75) is 51.9 Å². The van der Waals surface area contributed by atoms with Crippen molar-refractivity contribution in [1.82, 2.24) is 15.6 Å².